The SMILES string of the molecule is COc1cc(Cl)cc(CN2CCc3ccccc3C2)c1O. The summed E-state index contributed by atoms with van der Waals surface area (Å²) in [4.78, 5) is 2.31. The molecule has 0 saturated carbocycles. The third kappa shape index (κ3) is 2.99. The van der Waals surface area contributed by atoms with Gasteiger partial charge in [-0.3, -0.25) is 4.90 Å². The van der Waals surface area contributed by atoms with Crippen LogP contribution in [-0.4, -0.2) is 23.7 Å². The van der Waals surface area contributed by atoms with E-state index in [-0.39, 0.29) is 5.75 Å². The Morgan fingerprint density at radius 2 is 2.00 bits per heavy atom. The van der Waals surface area contributed by atoms with Gasteiger partial charge in [-0.15, -0.1) is 0 Å². The number of phenols is 1. The summed E-state index contributed by atoms with van der Waals surface area (Å²) in [6, 6.07) is 11.9. The molecule has 110 valence electrons. The van der Waals surface area contributed by atoms with Gasteiger partial charge in [0.15, 0.2) is 11.5 Å². The summed E-state index contributed by atoms with van der Waals surface area (Å²) in [7, 11) is 1.53. The molecule has 0 fully saturated rings. The minimum Gasteiger partial charge on any atom is -0.504 e. The number of hydrogen-bond donors (Lipinski definition) is 1. The van der Waals surface area contributed by atoms with Crippen LogP contribution >= 0.6 is 11.6 Å². The van der Waals surface area contributed by atoms with Crippen molar-refractivity contribution in [2.75, 3.05) is 13.7 Å². The molecule has 3 nitrogen and oxygen atoms in total. The van der Waals surface area contributed by atoms with Crippen LogP contribution in [0.1, 0.15) is 16.7 Å². The highest BCUT2D eigenvalue weighted by Crippen LogP contribution is 2.34. The molecule has 0 aromatic heterocycles. The number of ether oxygens (including phenoxy) is 1. The van der Waals surface area contributed by atoms with Crippen molar-refractivity contribution in [3.8, 4) is 11.5 Å². The predicted molar refractivity (Wildman–Crippen MR) is 83.9 cm³/mol. The number of phenolic OH excluding ortho intramolecular Hbond substituents is 1. The number of aromatic hydroxyl groups is 1. The summed E-state index contributed by atoms with van der Waals surface area (Å²) >= 11 is 6.09. The fourth-order valence-electron chi connectivity index (χ4n) is 2.83. The lowest BCUT2D eigenvalue weighted by Gasteiger charge is -2.29. The van der Waals surface area contributed by atoms with Crippen molar-refractivity contribution in [1.82, 2.24) is 4.90 Å². The standard InChI is InChI=1S/C17H18ClNO2/c1-21-16-9-15(18)8-14(17(16)20)11-19-7-6-12-4-2-3-5-13(12)10-19/h2-5,8-9,20H,6-7,10-11H2,1H3. The fourth-order valence-corrected chi connectivity index (χ4v) is 3.07. The van der Waals surface area contributed by atoms with E-state index in [9.17, 15) is 5.11 Å². The third-order valence-corrected chi connectivity index (χ3v) is 4.16. The number of fused-ring (bicyclic) bond motifs is 1. The van der Waals surface area contributed by atoms with Gasteiger partial charge in [-0.2, -0.15) is 0 Å². The lowest BCUT2D eigenvalue weighted by Crippen LogP contribution is -2.30. The zero-order valence-electron chi connectivity index (χ0n) is 12.0. The fraction of sp³-hybridized carbons (Fsp3) is 0.294. The molecule has 0 atom stereocenters. The van der Waals surface area contributed by atoms with Crippen molar-refractivity contribution in [3.63, 3.8) is 0 Å². The Morgan fingerprint density at radius 1 is 1.24 bits per heavy atom. The maximum absolute atomic E-state index is 10.2. The van der Waals surface area contributed by atoms with Crippen LogP contribution in [0.25, 0.3) is 0 Å². The van der Waals surface area contributed by atoms with Crippen molar-refractivity contribution in [1.29, 1.82) is 0 Å². The van der Waals surface area contributed by atoms with E-state index < -0.39 is 0 Å². The molecule has 2 aromatic carbocycles. The van der Waals surface area contributed by atoms with Gasteiger partial charge in [0.25, 0.3) is 0 Å². The van der Waals surface area contributed by atoms with Crippen LogP contribution in [0.3, 0.4) is 0 Å². The normalized spacial score (nSPS) is 14.8. The minimum absolute atomic E-state index is 0.181. The second-order valence-corrected chi connectivity index (χ2v) is 5.78. The van der Waals surface area contributed by atoms with E-state index in [1.807, 2.05) is 0 Å². The number of methoxy groups -OCH3 is 1. The number of halogens is 1. The van der Waals surface area contributed by atoms with Crippen LogP contribution < -0.4 is 4.74 Å². The molecule has 4 heteroatoms. The molecule has 1 N–H and O–H groups in total. The topological polar surface area (TPSA) is 32.7 Å². The van der Waals surface area contributed by atoms with Gasteiger partial charge in [0.1, 0.15) is 0 Å². The van der Waals surface area contributed by atoms with E-state index in [1.54, 1.807) is 12.1 Å². The van der Waals surface area contributed by atoms with Gasteiger partial charge in [0.2, 0.25) is 0 Å². The molecule has 0 aliphatic carbocycles. The number of nitrogens with zero attached hydrogens (tertiary/aromatic N) is 1. The average molecular weight is 304 g/mol. The van der Waals surface area contributed by atoms with Gasteiger partial charge in [0, 0.05) is 36.3 Å². The molecule has 0 radical (unpaired) electrons. The molecule has 0 bridgehead atoms. The first-order valence-electron chi connectivity index (χ1n) is 7.02. The highest BCUT2D eigenvalue weighted by atomic mass is 35.5. The summed E-state index contributed by atoms with van der Waals surface area (Å²) in [6.45, 7) is 2.53. The zero-order chi connectivity index (χ0) is 14.8. The van der Waals surface area contributed by atoms with Crippen LogP contribution in [-0.2, 0) is 19.5 Å². The molecular formula is C17H18ClNO2. The van der Waals surface area contributed by atoms with Crippen LogP contribution in [0.2, 0.25) is 5.02 Å². The molecule has 1 aliphatic rings. The van der Waals surface area contributed by atoms with Crippen molar-refractivity contribution < 1.29 is 9.84 Å². The number of rotatable bonds is 3. The van der Waals surface area contributed by atoms with E-state index in [0.717, 1.165) is 25.1 Å². The van der Waals surface area contributed by atoms with Gasteiger partial charge in [-0.05, 0) is 23.6 Å². The average Bonchev–Trinajstić information content (AvgIpc) is 2.50. The van der Waals surface area contributed by atoms with Crippen molar-refractivity contribution >= 4 is 11.6 Å². The van der Waals surface area contributed by atoms with Crippen LogP contribution in [0, 0.1) is 0 Å². The van der Waals surface area contributed by atoms with E-state index in [1.165, 1.54) is 18.2 Å². The maximum atomic E-state index is 10.2. The Bertz CT molecular complexity index is 657. The Kier molecular flexibility index (Phi) is 4.04. The lowest BCUT2D eigenvalue weighted by molar-refractivity contribution is 0.241. The Hall–Kier alpha value is -1.71. The largest absolute Gasteiger partial charge is 0.504 e. The first kappa shape index (κ1) is 14.2. The molecule has 2 aromatic rings. The summed E-state index contributed by atoms with van der Waals surface area (Å²) < 4.78 is 5.16. The molecule has 3 rings (SSSR count). The van der Waals surface area contributed by atoms with E-state index in [2.05, 4.69) is 29.2 Å². The summed E-state index contributed by atoms with van der Waals surface area (Å²) in [5, 5.41) is 10.8. The molecule has 0 amide bonds. The number of hydrogen-bond acceptors (Lipinski definition) is 3. The maximum Gasteiger partial charge on any atom is 0.162 e. The van der Waals surface area contributed by atoms with Crippen molar-refractivity contribution in [2.24, 2.45) is 0 Å². The second-order valence-electron chi connectivity index (χ2n) is 5.35. The van der Waals surface area contributed by atoms with Crippen LogP contribution in [0.4, 0.5) is 0 Å². The molecule has 0 spiro atoms. The molecule has 1 heterocycles. The van der Waals surface area contributed by atoms with Crippen molar-refractivity contribution in [2.45, 2.75) is 19.5 Å². The molecule has 0 unspecified atom stereocenters. The zero-order valence-corrected chi connectivity index (χ0v) is 12.7. The van der Waals surface area contributed by atoms with Crippen LogP contribution in [0.5, 0.6) is 11.5 Å². The van der Waals surface area contributed by atoms with Gasteiger partial charge in [-0.25, -0.2) is 0 Å². The summed E-state index contributed by atoms with van der Waals surface area (Å²) in [6.07, 6.45) is 1.04. The highest BCUT2D eigenvalue weighted by molar-refractivity contribution is 6.30. The number of benzene rings is 2. The minimum atomic E-state index is 0.181. The molecular weight excluding hydrogens is 286 g/mol. The quantitative estimate of drug-likeness (QED) is 0.940. The van der Waals surface area contributed by atoms with Crippen molar-refractivity contribution in [3.05, 3.63) is 58.1 Å². The van der Waals surface area contributed by atoms with E-state index in [4.69, 9.17) is 16.3 Å². The molecule has 1 aliphatic heterocycles. The van der Waals surface area contributed by atoms with E-state index >= 15 is 0 Å². The monoisotopic (exact) mass is 303 g/mol. The summed E-state index contributed by atoms with van der Waals surface area (Å²) in [5.41, 5.74) is 3.58. The lowest BCUT2D eigenvalue weighted by atomic mass is 9.99. The Labute approximate surface area is 129 Å². The van der Waals surface area contributed by atoms with Gasteiger partial charge >= 0.3 is 0 Å². The van der Waals surface area contributed by atoms with E-state index in [0.29, 0.717) is 17.3 Å². The third-order valence-electron chi connectivity index (χ3n) is 3.94. The smallest absolute Gasteiger partial charge is 0.162 e. The molecule has 0 saturated heterocycles. The Morgan fingerprint density at radius 3 is 2.76 bits per heavy atom. The first-order valence-corrected chi connectivity index (χ1v) is 7.39. The first-order chi connectivity index (χ1) is 10.2. The van der Waals surface area contributed by atoms with Crippen LogP contribution in [0.15, 0.2) is 36.4 Å². The van der Waals surface area contributed by atoms with Gasteiger partial charge in [0.05, 0.1) is 7.11 Å². The van der Waals surface area contributed by atoms with Gasteiger partial charge < -0.3 is 9.84 Å². The van der Waals surface area contributed by atoms with Gasteiger partial charge in [-0.1, -0.05) is 35.9 Å². The highest BCUT2D eigenvalue weighted by Gasteiger charge is 2.18. The predicted octanol–water partition coefficient (Wildman–Crippen LogP) is 3.61. The Balaban J connectivity index is 1.81. The summed E-state index contributed by atoms with van der Waals surface area (Å²) in [5.74, 6) is 0.607. The second kappa shape index (κ2) is 5.96. The molecule has 21 heavy (non-hydrogen) atoms.